The largest absolute Gasteiger partial charge is 0.468 e. The van der Waals surface area contributed by atoms with Crippen LogP contribution < -0.4 is 5.73 Å². The van der Waals surface area contributed by atoms with Crippen LogP contribution >= 0.6 is 0 Å². The maximum atomic E-state index is 10.5. The summed E-state index contributed by atoms with van der Waals surface area (Å²) in [5.74, 6) is -1.69. The average molecular weight is 183 g/mol. The molecular formula is C4H9NO5S. The molecule has 0 amide bonds. The fourth-order valence-corrected chi connectivity index (χ4v) is 1.04. The third-order valence-electron chi connectivity index (χ3n) is 0.894. The van der Waals surface area contributed by atoms with E-state index in [4.69, 9.17) is 10.3 Å². The van der Waals surface area contributed by atoms with E-state index in [0.29, 0.717) is 0 Å². The van der Waals surface area contributed by atoms with Gasteiger partial charge in [-0.25, -0.2) is 0 Å². The molecule has 0 saturated heterocycles. The molecule has 0 aliphatic heterocycles. The van der Waals surface area contributed by atoms with Gasteiger partial charge in [0.2, 0.25) is 0 Å². The van der Waals surface area contributed by atoms with Gasteiger partial charge in [0, 0.05) is 0 Å². The lowest BCUT2D eigenvalue weighted by molar-refractivity contribution is -0.141. The standard InChI is InChI=1S/C4H9NO5S/c1-10-4(6)3(5)2-11(7,8)9/h3H,2,5H2,1H3,(H,7,8,9). The highest BCUT2D eigenvalue weighted by Crippen LogP contribution is 1.89. The molecule has 0 rings (SSSR count). The van der Waals surface area contributed by atoms with Crippen molar-refractivity contribution in [1.29, 1.82) is 0 Å². The molecule has 0 bridgehead atoms. The Morgan fingerprint density at radius 3 is 2.45 bits per heavy atom. The van der Waals surface area contributed by atoms with E-state index in [9.17, 15) is 13.2 Å². The maximum absolute atomic E-state index is 10.5. The van der Waals surface area contributed by atoms with E-state index in [0.717, 1.165) is 7.11 Å². The molecule has 11 heavy (non-hydrogen) atoms. The van der Waals surface area contributed by atoms with Crippen molar-refractivity contribution in [2.45, 2.75) is 6.04 Å². The predicted octanol–water partition coefficient (Wildman–Crippen LogP) is -1.63. The highest BCUT2D eigenvalue weighted by molar-refractivity contribution is 7.85. The molecule has 0 spiro atoms. The third kappa shape index (κ3) is 4.71. The van der Waals surface area contributed by atoms with Crippen molar-refractivity contribution in [2.75, 3.05) is 12.9 Å². The first-order valence-electron chi connectivity index (χ1n) is 2.65. The second-order valence-corrected chi connectivity index (χ2v) is 3.38. The fraction of sp³-hybridized carbons (Fsp3) is 0.750. The van der Waals surface area contributed by atoms with Gasteiger partial charge in [0.25, 0.3) is 10.1 Å². The van der Waals surface area contributed by atoms with Crippen LogP contribution in [0, 0.1) is 0 Å². The molecule has 0 aromatic heterocycles. The van der Waals surface area contributed by atoms with Gasteiger partial charge in [-0.15, -0.1) is 0 Å². The lowest BCUT2D eigenvalue weighted by Crippen LogP contribution is -2.38. The molecule has 1 unspecified atom stereocenters. The Hall–Kier alpha value is -0.660. The zero-order valence-corrected chi connectivity index (χ0v) is 6.67. The Balaban J connectivity index is 4.09. The summed E-state index contributed by atoms with van der Waals surface area (Å²) in [6.07, 6.45) is 0. The molecule has 0 radical (unpaired) electrons. The van der Waals surface area contributed by atoms with E-state index in [2.05, 4.69) is 4.74 Å². The molecule has 0 aromatic carbocycles. The van der Waals surface area contributed by atoms with Gasteiger partial charge in [-0.2, -0.15) is 8.42 Å². The second kappa shape index (κ2) is 3.65. The molecule has 6 nitrogen and oxygen atoms in total. The van der Waals surface area contributed by atoms with Crippen LogP contribution in [-0.2, 0) is 19.6 Å². The quantitative estimate of drug-likeness (QED) is 0.402. The summed E-state index contributed by atoms with van der Waals surface area (Å²) in [7, 11) is -3.13. The van der Waals surface area contributed by atoms with Crippen LogP contribution in [0.1, 0.15) is 0 Å². The van der Waals surface area contributed by atoms with Gasteiger partial charge in [0.05, 0.1) is 7.11 Å². The number of hydrogen-bond acceptors (Lipinski definition) is 5. The van der Waals surface area contributed by atoms with Crippen molar-refractivity contribution in [1.82, 2.24) is 0 Å². The number of carbonyl (C=O) groups is 1. The van der Waals surface area contributed by atoms with E-state index < -0.39 is 27.9 Å². The van der Waals surface area contributed by atoms with E-state index >= 15 is 0 Å². The Labute approximate surface area is 64.1 Å². The van der Waals surface area contributed by atoms with Crippen molar-refractivity contribution in [2.24, 2.45) is 5.73 Å². The van der Waals surface area contributed by atoms with Gasteiger partial charge < -0.3 is 10.5 Å². The molecule has 0 heterocycles. The Morgan fingerprint density at radius 2 is 2.18 bits per heavy atom. The van der Waals surface area contributed by atoms with Crippen molar-refractivity contribution in [3.05, 3.63) is 0 Å². The molecule has 0 saturated carbocycles. The van der Waals surface area contributed by atoms with Gasteiger partial charge in [-0.05, 0) is 0 Å². The van der Waals surface area contributed by atoms with Crippen LogP contribution in [0.15, 0.2) is 0 Å². The topological polar surface area (TPSA) is 107 Å². The molecule has 0 aliphatic rings. The van der Waals surface area contributed by atoms with Crippen molar-refractivity contribution in [3.63, 3.8) is 0 Å². The SMILES string of the molecule is COC(=O)C(N)CS(=O)(=O)O. The number of ether oxygens (including phenoxy) is 1. The van der Waals surface area contributed by atoms with Crippen molar-refractivity contribution in [3.8, 4) is 0 Å². The molecule has 1 atom stereocenters. The van der Waals surface area contributed by atoms with E-state index in [1.165, 1.54) is 0 Å². The minimum absolute atomic E-state index is 0.820. The third-order valence-corrected chi connectivity index (χ3v) is 1.67. The van der Waals surface area contributed by atoms with Crippen LogP contribution in [-0.4, -0.2) is 37.8 Å². The smallest absolute Gasteiger partial charge is 0.323 e. The number of rotatable bonds is 3. The summed E-state index contributed by atoms with van der Waals surface area (Å²) in [5.41, 5.74) is 5.00. The first-order chi connectivity index (χ1) is 4.87. The number of methoxy groups -OCH3 is 1. The zero-order chi connectivity index (χ0) is 9.07. The molecule has 3 N–H and O–H groups in total. The maximum Gasteiger partial charge on any atom is 0.323 e. The second-order valence-electron chi connectivity index (χ2n) is 1.88. The van der Waals surface area contributed by atoms with E-state index in [1.807, 2.05) is 0 Å². The summed E-state index contributed by atoms with van der Waals surface area (Å²) >= 11 is 0. The Morgan fingerprint density at radius 1 is 1.73 bits per heavy atom. The number of carbonyl (C=O) groups excluding carboxylic acids is 1. The molecular weight excluding hydrogens is 174 g/mol. The van der Waals surface area contributed by atoms with Gasteiger partial charge in [-0.3, -0.25) is 9.35 Å². The van der Waals surface area contributed by atoms with Crippen LogP contribution in [0.2, 0.25) is 0 Å². The van der Waals surface area contributed by atoms with E-state index in [-0.39, 0.29) is 0 Å². The normalized spacial score (nSPS) is 14.1. The molecule has 0 aliphatic carbocycles. The van der Waals surface area contributed by atoms with Gasteiger partial charge in [0.15, 0.2) is 0 Å². The Kier molecular flexibility index (Phi) is 3.43. The van der Waals surface area contributed by atoms with Gasteiger partial charge in [-0.1, -0.05) is 0 Å². The van der Waals surface area contributed by atoms with Crippen molar-refractivity contribution < 1.29 is 22.5 Å². The van der Waals surface area contributed by atoms with Crippen molar-refractivity contribution >= 4 is 16.1 Å². The van der Waals surface area contributed by atoms with Crippen LogP contribution in [0.25, 0.3) is 0 Å². The van der Waals surface area contributed by atoms with Crippen LogP contribution in [0.3, 0.4) is 0 Å². The van der Waals surface area contributed by atoms with Gasteiger partial charge in [0.1, 0.15) is 11.8 Å². The van der Waals surface area contributed by atoms with E-state index in [1.54, 1.807) is 0 Å². The first kappa shape index (κ1) is 10.3. The summed E-state index contributed by atoms with van der Waals surface area (Å²) < 4.78 is 32.6. The first-order valence-corrected chi connectivity index (χ1v) is 4.26. The molecule has 0 aromatic rings. The fourth-order valence-electron chi connectivity index (χ4n) is 0.446. The zero-order valence-electron chi connectivity index (χ0n) is 5.85. The summed E-state index contributed by atoms with van der Waals surface area (Å²) in [5, 5.41) is 0. The monoisotopic (exact) mass is 183 g/mol. The minimum atomic E-state index is -4.20. The molecule has 0 fully saturated rings. The minimum Gasteiger partial charge on any atom is -0.468 e. The van der Waals surface area contributed by atoms with Crippen LogP contribution in [0.4, 0.5) is 0 Å². The number of hydrogen-bond donors (Lipinski definition) is 2. The molecule has 66 valence electrons. The molecule has 7 heteroatoms. The number of nitrogens with two attached hydrogens (primary N) is 1. The average Bonchev–Trinajstić information content (AvgIpc) is 1.82. The summed E-state index contributed by atoms with van der Waals surface area (Å²) in [6, 6.07) is -1.32. The summed E-state index contributed by atoms with van der Waals surface area (Å²) in [4.78, 5) is 10.5. The van der Waals surface area contributed by atoms with Gasteiger partial charge >= 0.3 is 5.97 Å². The lowest BCUT2D eigenvalue weighted by Gasteiger charge is -2.05. The number of esters is 1. The highest BCUT2D eigenvalue weighted by Gasteiger charge is 2.20. The van der Waals surface area contributed by atoms with Crippen LogP contribution in [0.5, 0.6) is 0 Å². The summed E-state index contributed by atoms with van der Waals surface area (Å²) in [6.45, 7) is 0. The highest BCUT2D eigenvalue weighted by atomic mass is 32.2. The predicted molar refractivity (Wildman–Crippen MR) is 36.4 cm³/mol. The Bertz CT molecular complexity index is 233. The lowest BCUT2D eigenvalue weighted by atomic mass is 10.4.